The Kier molecular flexibility index (Phi) is 3.92. The summed E-state index contributed by atoms with van der Waals surface area (Å²) in [7, 11) is 0. The predicted molar refractivity (Wildman–Crippen MR) is 73.1 cm³/mol. The van der Waals surface area contributed by atoms with Gasteiger partial charge in [-0.3, -0.25) is 9.78 Å². The Labute approximate surface area is 117 Å². The Morgan fingerprint density at radius 1 is 1.55 bits per heavy atom. The van der Waals surface area contributed by atoms with Gasteiger partial charge in [0.15, 0.2) is 0 Å². The van der Waals surface area contributed by atoms with Crippen molar-refractivity contribution < 1.29 is 14.7 Å². The SMILES string of the molecule is Cc1cc(CNC(=O)N2CCC(C)(C(=O)O)C2)ccn1. The highest BCUT2D eigenvalue weighted by atomic mass is 16.4. The standard InChI is InChI=1S/C14H19N3O3/c1-10-7-11(3-5-15-10)8-16-13(20)17-6-4-14(2,9-17)12(18)19/h3,5,7H,4,6,8-9H2,1-2H3,(H,16,20)(H,18,19). The molecule has 0 radical (unpaired) electrons. The first-order chi connectivity index (χ1) is 9.40. The van der Waals surface area contributed by atoms with E-state index in [1.165, 1.54) is 0 Å². The lowest BCUT2D eigenvalue weighted by Crippen LogP contribution is -2.40. The lowest BCUT2D eigenvalue weighted by molar-refractivity contribution is -0.146. The van der Waals surface area contributed by atoms with E-state index in [0.29, 0.717) is 19.5 Å². The largest absolute Gasteiger partial charge is 0.481 e. The van der Waals surface area contributed by atoms with Gasteiger partial charge in [0, 0.05) is 31.5 Å². The molecule has 2 heterocycles. The molecule has 1 aromatic heterocycles. The van der Waals surface area contributed by atoms with Crippen molar-refractivity contribution in [1.82, 2.24) is 15.2 Å². The van der Waals surface area contributed by atoms with Gasteiger partial charge in [0.05, 0.1) is 5.41 Å². The van der Waals surface area contributed by atoms with Crippen LogP contribution in [0.1, 0.15) is 24.6 Å². The molecule has 1 aliphatic rings. The summed E-state index contributed by atoms with van der Waals surface area (Å²) >= 11 is 0. The van der Waals surface area contributed by atoms with E-state index in [9.17, 15) is 9.59 Å². The van der Waals surface area contributed by atoms with Crippen molar-refractivity contribution in [1.29, 1.82) is 0 Å². The van der Waals surface area contributed by atoms with E-state index in [4.69, 9.17) is 5.11 Å². The molecule has 1 saturated heterocycles. The van der Waals surface area contributed by atoms with Crippen LogP contribution < -0.4 is 5.32 Å². The van der Waals surface area contributed by atoms with Gasteiger partial charge in [-0.1, -0.05) is 0 Å². The number of urea groups is 1. The summed E-state index contributed by atoms with van der Waals surface area (Å²) in [5, 5.41) is 12.0. The third-order valence-electron chi connectivity index (χ3n) is 3.68. The van der Waals surface area contributed by atoms with Crippen LogP contribution in [0.2, 0.25) is 0 Å². The summed E-state index contributed by atoms with van der Waals surface area (Å²) in [6.07, 6.45) is 2.19. The van der Waals surface area contributed by atoms with Crippen molar-refractivity contribution in [2.75, 3.05) is 13.1 Å². The highest BCUT2D eigenvalue weighted by molar-refractivity contribution is 5.79. The van der Waals surface area contributed by atoms with E-state index in [-0.39, 0.29) is 12.6 Å². The average Bonchev–Trinajstić information content (AvgIpc) is 2.80. The number of hydrogen-bond acceptors (Lipinski definition) is 3. The highest BCUT2D eigenvalue weighted by Crippen LogP contribution is 2.29. The van der Waals surface area contributed by atoms with E-state index in [0.717, 1.165) is 11.3 Å². The van der Waals surface area contributed by atoms with Crippen LogP contribution in [0.4, 0.5) is 4.79 Å². The van der Waals surface area contributed by atoms with Gasteiger partial charge in [0.1, 0.15) is 0 Å². The number of pyridine rings is 1. The number of carboxylic acid groups (broad SMARTS) is 1. The van der Waals surface area contributed by atoms with E-state index in [1.54, 1.807) is 18.0 Å². The molecule has 2 amide bonds. The summed E-state index contributed by atoms with van der Waals surface area (Å²) in [5.74, 6) is -0.849. The molecule has 1 aliphatic heterocycles. The smallest absolute Gasteiger partial charge is 0.317 e. The van der Waals surface area contributed by atoms with Gasteiger partial charge >= 0.3 is 12.0 Å². The van der Waals surface area contributed by atoms with Gasteiger partial charge in [-0.05, 0) is 38.0 Å². The zero-order valence-corrected chi connectivity index (χ0v) is 11.7. The maximum Gasteiger partial charge on any atom is 0.317 e. The Balaban J connectivity index is 1.89. The van der Waals surface area contributed by atoms with Crippen LogP contribution in [0, 0.1) is 12.3 Å². The van der Waals surface area contributed by atoms with E-state index < -0.39 is 11.4 Å². The Morgan fingerprint density at radius 3 is 2.90 bits per heavy atom. The number of carboxylic acids is 1. The Hall–Kier alpha value is -2.11. The number of carbonyl (C=O) groups excluding carboxylic acids is 1. The summed E-state index contributed by atoms with van der Waals surface area (Å²) in [6.45, 7) is 4.72. The fourth-order valence-corrected chi connectivity index (χ4v) is 2.31. The molecule has 2 rings (SSSR count). The average molecular weight is 277 g/mol. The number of aromatic nitrogens is 1. The van der Waals surface area contributed by atoms with Gasteiger partial charge < -0.3 is 15.3 Å². The maximum atomic E-state index is 12.0. The number of rotatable bonds is 3. The lowest BCUT2D eigenvalue weighted by Gasteiger charge is -2.20. The molecule has 1 atom stereocenters. The van der Waals surface area contributed by atoms with Crippen LogP contribution in [0.25, 0.3) is 0 Å². The molecule has 1 aromatic rings. The van der Waals surface area contributed by atoms with Crippen molar-refractivity contribution in [3.8, 4) is 0 Å². The summed E-state index contributed by atoms with van der Waals surface area (Å²) in [6, 6.07) is 3.54. The second-order valence-electron chi connectivity index (χ2n) is 5.50. The zero-order chi connectivity index (χ0) is 14.8. The molecule has 2 N–H and O–H groups in total. The van der Waals surface area contributed by atoms with Gasteiger partial charge in [-0.15, -0.1) is 0 Å². The minimum absolute atomic E-state index is 0.218. The van der Waals surface area contributed by atoms with Crippen LogP contribution in [0.15, 0.2) is 18.3 Å². The molecule has 1 fully saturated rings. The van der Waals surface area contributed by atoms with Crippen molar-refractivity contribution in [2.24, 2.45) is 5.41 Å². The number of hydrogen-bond donors (Lipinski definition) is 2. The molecule has 108 valence electrons. The number of carbonyl (C=O) groups is 2. The van der Waals surface area contributed by atoms with Crippen LogP contribution in [0.5, 0.6) is 0 Å². The number of aliphatic carboxylic acids is 1. The number of nitrogens with zero attached hydrogens (tertiary/aromatic N) is 2. The summed E-state index contributed by atoms with van der Waals surface area (Å²) in [5.41, 5.74) is 1.05. The molecule has 6 nitrogen and oxygen atoms in total. The zero-order valence-electron chi connectivity index (χ0n) is 11.7. The van der Waals surface area contributed by atoms with Crippen molar-refractivity contribution in [3.05, 3.63) is 29.6 Å². The van der Waals surface area contributed by atoms with Crippen LogP contribution >= 0.6 is 0 Å². The first-order valence-corrected chi connectivity index (χ1v) is 6.58. The lowest BCUT2D eigenvalue weighted by atomic mass is 9.90. The number of amides is 2. The molecule has 0 bridgehead atoms. The third-order valence-corrected chi connectivity index (χ3v) is 3.68. The van der Waals surface area contributed by atoms with Gasteiger partial charge in [0.2, 0.25) is 0 Å². The highest BCUT2D eigenvalue weighted by Gasteiger charge is 2.42. The quantitative estimate of drug-likeness (QED) is 0.874. The second kappa shape index (κ2) is 5.48. The topological polar surface area (TPSA) is 82.5 Å². The normalized spacial score (nSPS) is 21.8. The molecule has 20 heavy (non-hydrogen) atoms. The maximum absolute atomic E-state index is 12.0. The van der Waals surface area contributed by atoms with Crippen LogP contribution in [-0.2, 0) is 11.3 Å². The molecule has 0 saturated carbocycles. The van der Waals surface area contributed by atoms with Gasteiger partial charge in [0.25, 0.3) is 0 Å². The molecular formula is C14H19N3O3. The van der Waals surface area contributed by atoms with Crippen molar-refractivity contribution in [3.63, 3.8) is 0 Å². The number of nitrogens with one attached hydrogen (secondary N) is 1. The van der Waals surface area contributed by atoms with Gasteiger partial charge in [-0.2, -0.15) is 0 Å². The Bertz CT molecular complexity index is 532. The van der Waals surface area contributed by atoms with E-state index in [1.807, 2.05) is 19.1 Å². The molecule has 1 unspecified atom stereocenters. The fourth-order valence-electron chi connectivity index (χ4n) is 2.31. The monoisotopic (exact) mass is 277 g/mol. The number of aryl methyl sites for hydroxylation is 1. The van der Waals surface area contributed by atoms with Gasteiger partial charge in [-0.25, -0.2) is 4.79 Å². The predicted octanol–water partition coefficient (Wildman–Crippen LogP) is 1.40. The molecule has 6 heteroatoms. The molecule has 0 spiro atoms. The van der Waals surface area contributed by atoms with Crippen LogP contribution in [0.3, 0.4) is 0 Å². The fraction of sp³-hybridized carbons (Fsp3) is 0.500. The molecule has 0 aliphatic carbocycles. The van der Waals surface area contributed by atoms with E-state index >= 15 is 0 Å². The second-order valence-corrected chi connectivity index (χ2v) is 5.50. The first kappa shape index (κ1) is 14.3. The van der Waals surface area contributed by atoms with Crippen LogP contribution in [-0.4, -0.2) is 40.1 Å². The minimum atomic E-state index is -0.849. The minimum Gasteiger partial charge on any atom is -0.481 e. The first-order valence-electron chi connectivity index (χ1n) is 6.58. The van der Waals surface area contributed by atoms with Crippen molar-refractivity contribution in [2.45, 2.75) is 26.8 Å². The molecular weight excluding hydrogens is 258 g/mol. The number of likely N-dealkylation sites (tertiary alicyclic amines) is 1. The molecule has 0 aromatic carbocycles. The summed E-state index contributed by atoms with van der Waals surface area (Å²) in [4.78, 5) is 28.8. The Morgan fingerprint density at radius 2 is 2.30 bits per heavy atom. The van der Waals surface area contributed by atoms with E-state index in [2.05, 4.69) is 10.3 Å². The van der Waals surface area contributed by atoms with Crippen molar-refractivity contribution >= 4 is 12.0 Å². The third kappa shape index (κ3) is 3.07. The summed E-state index contributed by atoms with van der Waals surface area (Å²) < 4.78 is 0.